The van der Waals surface area contributed by atoms with E-state index in [0.29, 0.717) is 23.3 Å². The molecule has 0 fully saturated rings. The standard InChI is InChI=1S/C34H47Cl2N2O3P/c1-33(2,3)27-20-24(35)22-29(31(27)39-18-16-37(7)8)42(41-26-14-12-11-13-15-26)30-23-25(36)21-28(34(4,5)6)32(30)40-19-17-38(9)10/h11-15,20-23H,16-19H2,1-10H3. The summed E-state index contributed by atoms with van der Waals surface area (Å²) in [6.07, 6.45) is 0. The highest BCUT2D eigenvalue weighted by Crippen LogP contribution is 2.48. The van der Waals surface area contributed by atoms with Crippen LogP contribution in [0.15, 0.2) is 54.6 Å². The third kappa shape index (κ3) is 9.49. The minimum absolute atomic E-state index is 0.225. The average molecular weight is 634 g/mol. The molecule has 0 aliphatic heterocycles. The molecule has 230 valence electrons. The zero-order chi connectivity index (χ0) is 31.2. The smallest absolute Gasteiger partial charge is 0.158 e. The van der Waals surface area contributed by atoms with E-state index in [9.17, 15) is 0 Å². The number of rotatable bonds is 12. The van der Waals surface area contributed by atoms with Crippen molar-refractivity contribution in [3.05, 3.63) is 75.8 Å². The van der Waals surface area contributed by atoms with Crippen LogP contribution in [0.1, 0.15) is 52.7 Å². The minimum Gasteiger partial charge on any atom is -0.491 e. The third-order valence-corrected chi connectivity index (χ3v) is 9.00. The zero-order valence-electron chi connectivity index (χ0n) is 26.8. The molecule has 42 heavy (non-hydrogen) atoms. The van der Waals surface area contributed by atoms with Crippen LogP contribution < -0.4 is 24.6 Å². The lowest BCUT2D eigenvalue weighted by Crippen LogP contribution is -2.28. The van der Waals surface area contributed by atoms with E-state index in [4.69, 9.17) is 37.2 Å². The van der Waals surface area contributed by atoms with E-state index in [-0.39, 0.29) is 10.8 Å². The number of benzene rings is 3. The topological polar surface area (TPSA) is 34.2 Å². The van der Waals surface area contributed by atoms with Crippen molar-refractivity contribution >= 4 is 42.0 Å². The summed E-state index contributed by atoms with van der Waals surface area (Å²) in [5.41, 5.74) is 1.61. The van der Waals surface area contributed by atoms with Gasteiger partial charge in [-0.1, -0.05) is 82.9 Å². The Bertz CT molecular complexity index is 1240. The molecule has 0 saturated carbocycles. The lowest BCUT2D eigenvalue weighted by molar-refractivity contribution is 0.258. The van der Waals surface area contributed by atoms with Crippen molar-refractivity contribution < 1.29 is 14.0 Å². The van der Waals surface area contributed by atoms with E-state index in [0.717, 1.165) is 52.1 Å². The Balaban J connectivity index is 2.37. The largest absolute Gasteiger partial charge is 0.491 e. The first-order chi connectivity index (χ1) is 19.6. The van der Waals surface area contributed by atoms with Gasteiger partial charge in [0.1, 0.15) is 30.5 Å². The average Bonchev–Trinajstić information content (AvgIpc) is 2.87. The Kier molecular flexibility index (Phi) is 12.0. The van der Waals surface area contributed by atoms with Gasteiger partial charge in [-0.15, -0.1) is 0 Å². The Labute approximate surface area is 264 Å². The van der Waals surface area contributed by atoms with Gasteiger partial charge in [-0.3, -0.25) is 0 Å². The molecule has 0 aliphatic rings. The molecule has 0 saturated heterocycles. The molecule has 0 amide bonds. The second-order valence-corrected chi connectivity index (χ2v) is 15.7. The van der Waals surface area contributed by atoms with Gasteiger partial charge in [0.15, 0.2) is 8.15 Å². The van der Waals surface area contributed by atoms with Crippen LogP contribution in [0.3, 0.4) is 0 Å². The zero-order valence-corrected chi connectivity index (χ0v) is 29.3. The monoisotopic (exact) mass is 632 g/mol. The molecular formula is C34H47Cl2N2O3P. The van der Waals surface area contributed by atoms with E-state index >= 15 is 0 Å². The highest BCUT2D eigenvalue weighted by Gasteiger charge is 2.33. The molecule has 0 heterocycles. The fourth-order valence-electron chi connectivity index (χ4n) is 4.35. The summed E-state index contributed by atoms with van der Waals surface area (Å²) in [4.78, 5) is 4.22. The van der Waals surface area contributed by atoms with E-state index in [1.807, 2.05) is 82.8 Å². The molecule has 0 atom stereocenters. The molecule has 3 rings (SSSR count). The highest BCUT2D eigenvalue weighted by molar-refractivity contribution is 7.69. The van der Waals surface area contributed by atoms with Gasteiger partial charge < -0.3 is 23.8 Å². The van der Waals surface area contributed by atoms with Crippen LogP contribution in [0.25, 0.3) is 0 Å². The Hall–Kier alpha value is -2.01. The Morgan fingerprint density at radius 2 is 1.05 bits per heavy atom. The predicted octanol–water partition coefficient (Wildman–Crippen LogP) is 7.90. The number of halogens is 2. The fraction of sp³-hybridized carbons (Fsp3) is 0.471. The van der Waals surface area contributed by atoms with Crippen molar-refractivity contribution in [3.8, 4) is 17.2 Å². The van der Waals surface area contributed by atoms with Crippen molar-refractivity contribution in [2.24, 2.45) is 0 Å². The minimum atomic E-state index is -1.54. The van der Waals surface area contributed by atoms with E-state index in [2.05, 4.69) is 51.3 Å². The van der Waals surface area contributed by atoms with Gasteiger partial charge >= 0.3 is 0 Å². The van der Waals surface area contributed by atoms with Crippen LogP contribution in [0, 0.1) is 0 Å². The predicted molar refractivity (Wildman–Crippen MR) is 182 cm³/mol. The molecule has 3 aromatic carbocycles. The molecule has 0 aromatic heterocycles. The summed E-state index contributed by atoms with van der Waals surface area (Å²) in [6.45, 7) is 15.6. The fourth-order valence-corrected chi connectivity index (χ4v) is 6.98. The number of likely N-dealkylation sites (N-methyl/N-ethyl adjacent to an activating group) is 2. The van der Waals surface area contributed by atoms with Crippen LogP contribution in [-0.4, -0.2) is 64.3 Å². The van der Waals surface area contributed by atoms with Gasteiger partial charge in [-0.25, -0.2) is 0 Å². The molecule has 5 nitrogen and oxygen atoms in total. The number of para-hydroxylation sites is 1. The van der Waals surface area contributed by atoms with E-state index in [1.165, 1.54) is 0 Å². The normalized spacial score (nSPS) is 12.4. The van der Waals surface area contributed by atoms with Crippen LogP contribution in [0.4, 0.5) is 0 Å². The maximum Gasteiger partial charge on any atom is 0.158 e. The third-order valence-electron chi connectivity index (χ3n) is 6.63. The molecule has 8 heteroatoms. The molecule has 0 spiro atoms. The quantitative estimate of drug-likeness (QED) is 0.190. The van der Waals surface area contributed by atoms with E-state index in [1.54, 1.807) is 0 Å². The van der Waals surface area contributed by atoms with Crippen LogP contribution in [-0.2, 0) is 10.8 Å². The van der Waals surface area contributed by atoms with Gasteiger partial charge in [0, 0.05) is 34.3 Å². The van der Waals surface area contributed by atoms with Crippen LogP contribution >= 0.6 is 31.4 Å². The number of hydrogen-bond acceptors (Lipinski definition) is 5. The second kappa shape index (κ2) is 14.6. The van der Waals surface area contributed by atoms with Crippen LogP contribution in [0.5, 0.6) is 17.2 Å². The number of nitrogens with zero attached hydrogens (tertiary/aromatic N) is 2. The number of ether oxygens (including phenoxy) is 2. The maximum atomic E-state index is 6.93. The SMILES string of the molecule is CN(C)CCOc1c(P(Oc2ccccc2)c2cc(Cl)cc(C(C)(C)C)c2OCCN(C)C)cc(Cl)cc1C(C)(C)C. The molecule has 0 N–H and O–H groups in total. The molecule has 0 radical (unpaired) electrons. The summed E-state index contributed by atoms with van der Waals surface area (Å²) in [7, 11) is 6.63. The highest BCUT2D eigenvalue weighted by atomic mass is 35.5. The van der Waals surface area contributed by atoms with Crippen molar-refractivity contribution in [2.75, 3.05) is 54.5 Å². The van der Waals surface area contributed by atoms with Gasteiger partial charge in [-0.05, 0) is 75.4 Å². The van der Waals surface area contributed by atoms with Gasteiger partial charge in [0.2, 0.25) is 0 Å². The maximum absolute atomic E-state index is 6.93. The number of hydrogen-bond donors (Lipinski definition) is 0. The molecule has 0 unspecified atom stereocenters. The first kappa shape index (κ1) is 34.5. The lowest BCUT2D eigenvalue weighted by Gasteiger charge is -2.31. The van der Waals surface area contributed by atoms with Gasteiger partial charge in [0.25, 0.3) is 0 Å². The molecule has 0 aliphatic carbocycles. The van der Waals surface area contributed by atoms with Gasteiger partial charge in [0.05, 0.1) is 10.6 Å². The molecular weight excluding hydrogens is 586 g/mol. The first-order valence-electron chi connectivity index (χ1n) is 14.3. The summed E-state index contributed by atoms with van der Waals surface area (Å²) < 4.78 is 20.2. The van der Waals surface area contributed by atoms with E-state index < -0.39 is 8.15 Å². The van der Waals surface area contributed by atoms with Crippen molar-refractivity contribution in [2.45, 2.75) is 52.4 Å². The Morgan fingerprint density at radius 3 is 1.40 bits per heavy atom. The summed E-state index contributed by atoms with van der Waals surface area (Å²) >= 11 is 13.7. The summed E-state index contributed by atoms with van der Waals surface area (Å²) in [5.74, 6) is 2.34. The molecule has 0 bridgehead atoms. The second-order valence-electron chi connectivity index (χ2n) is 13.1. The first-order valence-corrected chi connectivity index (χ1v) is 16.4. The summed E-state index contributed by atoms with van der Waals surface area (Å²) in [6, 6.07) is 17.9. The van der Waals surface area contributed by atoms with Crippen LogP contribution in [0.2, 0.25) is 10.0 Å². The van der Waals surface area contributed by atoms with Crippen molar-refractivity contribution in [3.63, 3.8) is 0 Å². The Morgan fingerprint density at radius 1 is 0.643 bits per heavy atom. The molecule has 3 aromatic rings. The van der Waals surface area contributed by atoms with Crippen molar-refractivity contribution in [1.82, 2.24) is 9.80 Å². The lowest BCUT2D eigenvalue weighted by atomic mass is 9.86. The van der Waals surface area contributed by atoms with Gasteiger partial charge in [-0.2, -0.15) is 0 Å². The van der Waals surface area contributed by atoms with Crippen molar-refractivity contribution in [1.29, 1.82) is 0 Å². The summed E-state index contributed by atoms with van der Waals surface area (Å²) in [5, 5.41) is 3.05.